The van der Waals surface area contributed by atoms with Crippen molar-refractivity contribution >= 4 is 28.5 Å². The fraction of sp³-hybridized carbons (Fsp3) is 0.250. The first kappa shape index (κ1) is 12.6. The van der Waals surface area contributed by atoms with E-state index in [0.717, 1.165) is 0 Å². The zero-order chi connectivity index (χ0) is 13.1. The number of hydrogen-bond donors (Lipinski definition) is 0. The van der Waals surface area contributed by atoms with Crippen molar-refractivity contribution in [2.45, 2.75) is 13.3 Å². The van der Waals surface area contributed by atoms with Gasteiger partial charge in [-0.3, -0.25) is 4.79 Å². The van der Waals surface area contributed by atoms with Gasteiger partial charge < -0.3 is 9.15 Å². The minimum atomic E-state index is -0.568. The second kappa shape index (κ2) is 5.18. The van der Waals surface area contributed by atoms with Gasteiger partial charge in [0.2, 0.25) is 5.89 Å². The molecule has 0 amide bonds. The summed E-state index contributed by atoms with van der Waals surface area (Å²) < 4.78 is 9.69. The van der Waals surface area contributed by atoms with E-state index in [9.17, 15) is 9.59 Å². The molecular weight excluding hydrogens is 258 g/mol. The molecule has 1 aromatic heterocycles. The van der Waals surface area contributed by atoms with Crippen molar-refractivity contribution in [2.24, 2.45) is 0 Å². The van der Waals surface area contributed by atoms with E-state index in [4.69, 9.17) is 20.8 Å². The monoisotopic (exact) mass is 267 g/mol. The molecule has 0 saturated carbocycles. The summed E-state index contributed by atoms with van der Waals surface area (Å²) in [5, 5.41) is 0.713. The van der Waals surface area contributed by atoms with Gasteiger partial charge in [0.25, 0.3) is 0 Å². The van der Waals surface area contributed by atoms with Gasteiger partial charge in [0, 0.05) is 5.02 Å². The van der Waals surface area contributed by atoms with Crippen LogP contribution in [-0.2, 0) is 16.0 Å². The molecule has 0 N–H and O–H groups in total. The number of benzene rings is 1. The highest BCUT2D eigenvalue weighted by molar-refractivity contribution is 6.31. The summed E-state index contributed by atoms with van der Waals surface area (Å²) in [6, 6.07) is 4.69. The number of aromatic nitrogens is 1. The van der Waals surface area contributed by atoms with Crippen LogP contribution in [0.25, 0.3) is 10.9 Å². The zero-order valence-corrected chi connectivity index (χ0v) is 10.4. The summed E-state index contributed by atoms with van der Waals surface area (Å²) >= 11 is 5.77. The van der Waals surface area contributed by atoms with Gasteiger partial charge in [0.15, 0.2) is 0 Å². The van der Waals surface area contributed by atoms with Crippen molar-refractivity contribution in [3.05, 3.63) is 39.5 Å². The largest absolute Gasteiger partial charge is 0.466 e. The van der Waals surface area contributed by atoms with Crippen LogP contribution in [0.5, 0.6) is 0 Å². The molecule has 0 aliphatic rings. The molecule has 0 atom stereocenters. The van der Waals surface area contributed by atoms with Crippen LogP contribution in [0.15, 0.2) is 27.4 Å². The van der Waals surface area contributed by atoms with E-state index >= 15 is 0 Å². The second-order valence-electron chi connectivity index (χ2n) is 3.54. The molecule has 0 radical (unpaired) electrons. The van der Waals surface area contributed by atoms with Gasteiger partial charge in [0.05, 0.1) is 17.5 Å². The van der Waals surface area contributed by atoms with Gasteiger partial charge in [-0.15, -0.1) is 0 Å². The van der Waals surface area contributed by atoms with Crippen LogP contribution < -0.4 is 5.63 Å². The Morgan fingerprint density at radius 2 is 2.28 bits per heavy atom. The predicted octanol–water partition coefficient (Wildman–Crippen LogP) is 1.95. The average Bonchev–Trinajstić information content (AvgIpc) is 2.30. The molecule has 94 valence electrons. The molecule has 0 spiro atoms. The van der Waals surface area contributed by atoms with Crippen molar-refractivity contribution in [3.63, 3.8) is 0 Å². The number of carbonyl (C=O) groups is 1. The number of rotatable bonds is 3. The predicted molar refractivity (Wildman–Crippen MR) is 65.6 cm³/mol. The van der Waals surface area contributed by atoms with Crippen LogP contribution in [0.3, 0.4) is 0 Å². The number of ether oxygens (including phenoxy) is 1. The number of carbonyl (C=O) groups excluding carboxylic acids is 1. The molecule has 1 heterocycles. The number of hydrogen-bond acceptors (Lipinski definition) is 5. The topological polar surface area (TPSA) is 69.4 Å². The van der Waals surface area contributed by atoms with Crippen molar-refractivity contribution in [2.75, 3.05) is 6.61 Å². The Bertz CT molecular complexity index is 650. The first-order chi connectivity index (χ1) is 8.60. The summed E-state index contributed by atoms with van der Waals surface area (Å²) in [4.78, 5) is 27.0. The van der Waals surface area contributed by atoms with Crippen molar-refractivity contribution in [1.29, 1.82) is 0 Å². The van der Waals surface area contributed by atoms with Gasteiger partial charge in [0.1, 0.15) is 6.42 Å². The molecular formula is C12H10ClNO4. The van der Waals surface area contributed by atoms with Crippen LogP contribution >= 0.6 is 11.6 Å². The standard InChI is InChI=1S/C12H10ClNO4/c1-2-17-11(15)6-10-14-9-4-3-7(13)5-8(9)12(16)18-10/h3-5H,2,6H2,1H3. The highest BCUT2D eigenvalue weighted by Gasteiger charge is 2.11. The van der Waals surface area contributed by atoms with E-state index in [1.807, 2.05) is 0 Å². The normalized spacial score (nSPS) is 10.6. The number of fused-ring (bicyclic) bond motifs is 1. The summed E-state index contributed by atoms with van der Waals surface area (Å²) in [6.07, 6.45) is -0.165. The Morgan fingerprint density at radius 1 is 1.50 bits per heavy atom. The van der Waals surface area contributed by atoms with Gasteiger partial charge in [-0.1, -0.05) is 11.6 Å². The minimum Gasteiger partial charge on any atom is -0.466 e. The molecule has 0 bridgehead atoms. The van der Waals surface area contributed by atoms with E-state index in [1.54, 1.807) is 19.1 Å². The molecule has 5 nitrogen and oxygen atoms in total. The second-order valence-corrected chi connectivity index (χ2v) is 3.97. The van der Waals surface area contributed by atoms with E-state index in [1.165, 1.54) is 6.07 Å². The molecule has 0 aliphatic carbocycles. The molecule has 0 fully saturated rings. The molecule has 1 aromatic carbocycles. The first-order valence-electron chi connectivity index (χ1n) is 5.35. The van der Waals surface area contributed by atoms with Gasteiger partial charge >= 0.3 is 11.6 Å². The van der Waals surface area contributed by atoms with Crippen LogP contribution in [0.4, 0.5) is 0 Å². The Morgan fingerprint density at radius 3 is 3.00 bits per heavy atom. The fourth-order valence-electron chi connectivity index (χ4n) is 1.50. The molecule has 0 saturated heterocycles. The highest BCUT2D eigenvalue weighted by atomic mass is 35.5. The summed E-state index contributed by atoms with van der Waals surface area (Å²) in [5.74, 6) is -0.449. The number of nitrogens with zero attached hydrogens (tertiary/aromatic N) is 1. The Kier molecular flexibility index (Phi) is 3.62. The maximum atomic E-state index is 11.7. The third-order valence-corrected chi connectivity index (χ3v) is 2.47. The fourth-order valence-corrected chi connectivity index (χ4v) is 1.67. The molecule has 0 aliphatic heterocycles. The lowest BCUT2D eigenvalue weighted by atomic mass is 10.2. The maximum absolute atomic E-state index is 11.7. The van der Waals surface area contributed by atoms with Crippen LogP contribution in [0.2, 0.25) is 5.02 Å². The minimum absolute atomic E-state index is 0.0354. The van der Waals surface area contributed by atoms with Crippen molar-refractivity contribution < 1.29 is 13.9 Å². The molecule has 2 rings (SSSR count). The summed E-state index contributed by atoms with van der Waals surface area (Å²) in [7, 11) is 0. The first-order valence-corrected chi connectivity index (χ1v) is 5.73. The molecule has 18 heavy (non-hydrogen) atoms. The van der Waals surface area contributed by atoms with Crippen LogP contribution in [0.1, 0.15) is 12.8 Å². The lowest BCUT2D eigenvalue weighted by Crippen LogP contribution is -2.12. The van der Waals surface area contributed by atoms with E-state index < -0.39 is 11.6 Å². The Hall–Kier alpha value is -1.88. The third kappa shape index (κ3) is 2.68. The maximum Gasteiger partial charge on any atom is 0.346 e. The van der Waals surface area contributed by atoms with E-state index in [0.29, 0.717) is 10.5 Å². The lowest BCUT2D eigenvalue weighted by molar-refractivity contribution is -0.142. The SMILES string of the molecule is CCOC(=O)Cc1nc2ccc(Cl)cc2c(=O)o1. The summed E-state index contributed by atoms with van der Waals surface area (Å²) in [6.45, 7) is 1.97. The van der Waals surface area contributed by atoms with Gasteiger partial charge in [-0.2, -0.15) is 0 Å². The average molecular weight is 268 g/mol. The van der Waals surface area contributed by atoms with Crippen LogP contribution in [0, 0.1) is 0 Å². The number of halogens is 1. The van der Waals surface area contributed by atoms with E-state index in [-0.39, 0.29) is 24.3 Å². The van der Waals surface area contributed by atoms with Gasteiger partial charge in [-0.05, 0) is 25.1 Å². The van der Waals surface area contributed by atoms with Crippen LogP contribution in [-0.4, -0.2) is 17.6 Å². The van der Waals surface area contributed by atoms with Crippen molar-refractivity contribution in [1.82, 2.24) is 4.98 Å². The highest BCUT2D eigenvalue weighted by Crippen LogP contribution is 2.15. The lowest BCUT2D eigenvalue weighted by Gasteiger charge is -2.02. The smallest absolute Gasteiger partial charge is 0.346 e. The van der Waals surface area contributed by atoms with E-state index in [2.05, 4.69) is 4.98 Å². The molecule has 2 aromatic rings. The molecule has 6 heteroatoms. The zero-order valence-electron chi connectivity index (χ0n) is 9.60. The summed E-state index contributed by atoms with van der Waals surface area (Å²) in [5.41, 5.74) is -0.128. The quantitative estimate of drug-likeness (QED) is 0.795. The Labute approximate surface area is 107 Å². The number of esters is 1. The Balaban J connectivity index is 2.40. The van der Waals surface area contributed by atoms with Gasteiger partial charge in [-0.25, -0.2) is 9.78 Å². The third-order valence-electron chi connectivity index (χ3n) is 2.24. The molecule has 0 unspecified atom stereocenters. The van der Waals surface area contributed by atoms with Crippen molar-refractivity contribution in [3.8, 4) is 0 Å².